The molecular formula is C22H16F9O4PS. The summed E-state index contributed by atoms with van der Waals surface area (Å²) < 4.78 is 135. The van der Waals surface area contributed by atoms with Crippen LogP contribution in [-0.4, -0.2) is 41.4 Å². The van der Waals surface area contributed by atoms with E-state index in [-0.39, 0.29) is 0 Å². The Morgan fingerprint density at radius 2 is 0.946 bits per heavy atom. The lowest BCUT2D eigenvalue weighted by atomic mass is 10.1. The molecule has 0 fully saturated rings. The van der Waals surface area contributed by atoms with E-state index < -0.39 is 41.3 Å². The van der Waals surface area contributed by atoms with Crippen molar-refractivity contribution in [3.05, 3.63) is 84.9 Å². The predicted octanol–water partition coefficient (Wildman–Crippen LogP) is 4.84. The van der Waals surface area contributed by atoms with Gasteiger partial charge in [-0.05, 0) is 48.5 Å². The normalized spacial score (nSPS) is 13.2. The van der Waals surface area contributed by atoms with Gasteiger partial charge in [-0.2, -0.15) is 39.5 Å². The molecule has 0 amide bonds. The van der Waals surface area contributed by atoms with Gasteiger partial charge < -0.3 is 9.66 Å². The Kier molecular flexibility index (Phi) is 8.94. The van der Waals surface area contributed by atoms with Crippen LogP contribution in [0.25, 0.3) is 0 Å². The van der Waals surface area contributed by atoms with Gasteiger partial charge in [0.2, 0.25) is 0 Å². The Balaban J connectivity index is 0.000000265. The zero-order valence-corrected chi connectivity index (χ0v) is 19.9. The van der Waals surface area contributed by atoms with Crippen molar-refractivity contribution in [1.82, 2.24) is 0 Å². The van der Waals surface area contributed by atoms with Crippen LogP contribution in [0.3, 0.4) is 0 Å². The molecule has 1 N–H and O–H groups in total. The minimum absolute atomic E-state index is 0.316. The second-order valence-electron chi connectivity index (χ2n) is 7.27. The monoisotopic (exact) mass is 578 g/mol. The molecule has 0 saturated heterocycles. The number of hydrogen-bond donors (Lipinski definition) is 1. The smallest absolute Gasteiger partial charge is 0.460 e. The SMILES string of the molecule is O=S(=O)([O-])C(F)(F)C(F)(F)C(F)(F)C(F)(F)F.Oc1ccc([PH+](c2ccccc2)c2ccccc2)cc1. The van der Waals surface area contributed by atoms with Gasteiger partial charge in [-0.3, -0.25) is 0 Å². The van der Waals surface area contributed by atoms with Gasteiger partial charge in [-0.25, -0.2) is 8.42 Å². The molecule has 0 aliphatic rings. The van der Waals surface area contributed by atoms with Crippen LogP contribution in [-0.2, 0) is 10.1 Å². The third-order valence-electron chi connectivity index (χ3n) is 4.71. The molecule has 0 heterocycles. The third kappa shape index (κ3) is 6.36. The molecule has 0 atom stereocenters. The van der Waals surface area contributed by atoms with Crippen molar-refractivity contribution in [3.63, 3.8) is 0 Å². The average Bonchev–Trinajstić information content (AvgIpc) is 2.81. The van der Waals surface area contributed by atoms with Crippen LogP contribution >= 0.6 is 7.92 Å². The second kappa shape index (κ2) is 10.9. The van der Waals surface area contributed by atoms with Crippen molar-refractivity contribution >= 4 is 34.0 Å². The number of rotatable bonds is 6. The van der Waals surface area contributed by atoms with E-state index in [1.165, 1.54) is 15.9 Å². The maximum Gasteiger partial charge on any atom is 0.460 e. The van der Waals surface area contributed by atoms with Crippen molar-refractivity contribution in [2.24, 2.45) is 0 Å². The van der Waals surface area contributed by atoms with Crippen molar-refractivity contribution in [2.75, 3.05) is 0 Å². The van der Waals surface area contributed by atoms with Crippen molar-refractivity contribution in [3.8, 4) is 5.75 Å². The summed E-state index contributed by atoms with van der Waals surface area (Å²) in [6, 6.07) is 28.8. The first-order chi connectivity index (χ1) is 16.8. The Morgan fingerprint density at radius 3 is 1.27 bits per heavy atom. The number of phenolic OH excluding ortho intramolecular Hbond substituents is 1. The lowest BCUT2D eigenvalue weighted by Crippen LogP contribution is -2.63. The summed E-state index contributed by atoms with van der Waals surface area (Å²) in [7, 11) is -8.42. The van der Waals surface area contributed by atoms with Gasteiger partial charge in [-0.1, -0.05) is 36.4 Å². The van der Waals surface area contributed by atoms with Crippen LogP contribution in [0.15, 0.2) is 84.9 Å². The molecule has 0 spiro atoms. The molecule has 0 unspecified atom stereocenters. The van der Waals surface area contributed by atoms with E-state index in [1.54, 1.807) is 12.1 Å². The fourth-order valence-corrected chi connectivity index (χ4v) is 5.85. The summed E-state index contributed by atoms with van der Waals surface area (Å²) in [5.41, 5.74) is 0. The maximum absolute atomic E-state index is 12.2. The predicted molar refractivity (Wildman–Crippen MR) is 119 cm³/mol. The van der Waals surface area contributed by atoms with Crippen molar-refractivity contribution in [2.45, 2.75) is 23.3 Å². The van der Waals surface area contributed by atoms with Crippen molar-refractivity contribution < 1.29 is 57.6 Å². The van der Waals surface area contributed by atoms with Crippen LogP contribution in [0.5, 0.6) is 5.75 Å². The lowest BCUT2D eigenvalue weighted by Gasteiger charge is -2.34. The average molecular weight is 578 g/mol. The number of aromatic hydroxyl groups is 1. The van der Waals surface area contributed by atoms with E-state index in [2.05, 4.69) is 48.5 Å². The van der Waals surface area contributed by atoms with E-state index >= 15 is 0 Å². The molecule has 0 radical (unpaired) electrons. The molecule has 0 aromatic heterocycles. The van der Waals surface area contributed by atoms with Crippen molar-refractivity contribution in [1.29, 1.82) is 0 Å². The highest BCUT2D eigenvalue weighted by Crippen LogP contribution is 2.54. The molecule has 0 aliphatic carbocycles. The summed E-state index contributed by atoms with van der Waals surface area (Å²) in [5.74, 6) is -14.5. The molecule has 37 heavy (non-hydrogen) atoms. The molecule has 202 valence electrons. The van der Waals surface area contributed by atoms with E-state index in [1.807, 2.05) is 24.3 Å². The van der Waals surface area contributed by atoms with Crippen LogP contribution in [0.4, 0.5) is 39.5 Å². The quantitative estimate of drug-likeness (QED) is 0.258. The first kappa shape index (κ1) is 30.4. The standard InChI is InChI=1S/C18H15OP.C4HF9O3S/c19-15-11-13-18(14-12-15)20(16-7-3-1-4-8-16)17-9-5-2-6-10-17;5-1(6,3(9,10)11)2(7,8)4(12,13)17(14,15)16/h1-14,19H;(H,14,15,16). The lowest BCUT2D eigenvalue weighted by molar-refractivity contribution is -0.382. The highest BCUT2D eigenvalue weighted by Gasteiger charge is 2.83. The van der Waals surface area contributed by atoms with Gasteiger partial charge in [0.1, 0.15) is 21.7 Å². The Labute approximate surface area is 205 Å². The highest BCUT2D eigenvalue weighted by molar-refractivity contribution is 7.86. The van der Waals surface area contributed by atoms with Crippen LogP contribution in [0.1, 0.15) is 0 Å². The summed E-state index contributed by atoms with van der Waals surface area (Å²) in [6.45, 7) is 0. The van der Waals surface area contributed by atoms with E-state index in [9.17, 15) is 57.6 Å². The largest absolute Gasteiger partial charge is 0.743 e. The van der Waals surface area contributed by atoms with Gasteiger partial charge >= 0.3 is 23.3 Å². The number of benzene rings is 3. The van der Waals surface area contributed by atoms with Crippen LogP contribution < -0.4 is 15.9 Å². The minimum Gasteiger partial charge on any atom is -0.743 e. The number of alkyl halides is 9. The zero-order valence-electron chi connectivity index (χ0n) is 18.1. The highest BCUT2D eigenvalue weighted by atomic mass is 32.2. The summed E-state index contributed by atoms with van der Waals surface area (Å²) in [5, 5.41) is 6.37. The molecule has 0 bridgehead atoms. The number of hydrogen-bond acceptors (Lipinski definition) is 4. The number of halogens is 9. The summed E-state index contributed by atoms with van der Waals surface area (Å²) in [4.78, 5) is 0. The molecular weight excluding hydrogens is 562 g/mol. The van der Waals surface area contributed by atoms with E-state index in [0.29, 0.717) is 5.75 Å². The van der Waals surface area contributed by atoms with Gasteiger partial charge in [0.05, 0.1) is 7.92 Å². The van der Waals surface area contributed by atoms with Gasteiger partial charge in [0.25, 0.3) is 0 Å². The minimum atomic E-state index is -7.43. The first-order valence-electron chi connectivity index (χ1n) is 9.77. The topological polar surface area (TPSA) is 77.4 Å². The fourth-order valence-electron chi connectivity index (χ4n) is 2.86. The van der Waals surface area contributed by atoms with Gasteiger partial charge in [-0.15, -0.1) is 0 Å². The molecule has 3 aromatic carbocycles. The number of phenols is 1. The Morgan fingerprint density at radius 1 is 0.595 bits per heavy atom. The Hall–Kier alpha value is -2.83. The molecule has 3 aromatic rings. The zero-order chi connectivity index (χ0) is 28.3. The third-order valence-corrected chi connectivity index (χ3v) is 8.33. The maximum atomic E-state index is 12.2. The van der Waals surface area contributed by atoms with Crippen LogP contribution in [0.2, 0.25) is 0 Å². The molecule has 3 rings (SSSR count). The fraction of sp³-hybridized carbons (Fsp3) is 0.182. The molecule has 0 aliphatic heterocycles. The molecule has 15 heteroatoms. The molecule has 4 nitrogen and oxygen atoms in total. The van der Waals surface area contributed by atoms with Gasteiger partial charge in [0, 0.05) is 0 Å². The summed E-state index contributed by atoms with van der Waals surface area (Å²) >= 11 is 0. The first-order valence-corrected chi connectivity index (χ1v) is 12.7. The summed E-state index contributed by atoms with van der Waals surface area (Å²) in [6.07, 6.45) is -7.16. The molecule has 0 saturated carbocycles. The Bertz CT molecular complexity index is 1230. The van der Waals surface area contributed by atoms with E-state index in [4.69, 9.17) is 0 Å². The van der Waals surface area contributed by atoms with Gasteiger partial charge in [0.15, 0.2) is 10.1 Å². The second-order valence-corrected chi connectivity index (χ2v) is 11.2. The van der Waals surface area contributed by atoms with Crippen LogP contribution in [0, 0.1) is 0 Å². The van der Waals surface area contributed by atoms with E-state index in [0.717, 1.165) is 0 Å².